The Hall–Kier alpha value is -3.31. The van der Waals surface area contributed by atoms with Gasteiger partial charge in [0.25, 0.3) is 5.91 Å². The number of anilines is 2. The molecule has 0 radical (unpaired) electrons. The van der Waals surface area contributed by atoms with Gasteiger partial charge in [-0.05, 0) is 100 Å². The van der Waals surface area contributed by atoms with Crippen molar-refractivity contribution in [2.24, 2.45) is 0 Å². The predicted octanol–water partition coefficient (Wildman–Crippen LogP) is 8.62. The molecule has 0 saturated carbocycles. The highest BCUT2D eigenvalue weighted by Gasteiger charge is 2.26. The van der Waals surface area contributed by atoms with Gasteiger partial charge in [0.1, 0.15) is 9.75 Å². The van der Waals surface area contributed by atoms with E-state index in [1.165, 1.54) is 33.9 Å². The van der Waals surface area contributed by atoms with Gasteiger partial charge in [-0.2, -0.15) is 0 Å². The molecule has 3 heterocycles. The normalized spacial score (nSPS) is 13.3. The van der Waals surface area contributed by atoms with Crippen molar-refractivity contribution < 1.29 is 14.3 Å². The minimum Gasteiger partial charge on any atom is -0.462 e. The van der Waals surface area contributed by atoms with Crippen LogP contribution in [0, 0.1) is 0 Å². The number of rotatable bonds is 10. The molecule has 1 aliphatic rings. The van der Waals surface area contributed by atoms with Crippen LogP contribution in [0.3, 0.4) is 0 Å². The van der Waals surface area contributed by atoms with Crippen molar-refractivity contribution in [3.63, 3.8) is 0 Å². The molecule has 0 spiro atoms. The number of carbonyl (C=O) groups is 2. The van der Waals surface area contributed by atoms with E-state index in [4.69, 9.17) is 4.74 Å². The molecule has 0 aliphatic carbocycles. The second kappa shape index (κ2) is 14.2. The lowest BCUT2D eigenvalue weighted by Crippen LogP contribution is -2.49. The molecule has 2 aromatic heterocycles. The minimum atomic E-state index is -0.272. The summed E-state index contributed by atoms with van der Waals surface area (Å²) in [5.74, 6) is -0.180. The van der Waals surface area contributed by atoms with Crippen LogP contribution in [-0.2, 0) is 11.2 Å². The van der Waals surface area contributed by atoms with Crippen molar-refractivity contribution in [3.05, 3.63) is 110 Å². The Labute approximate surface area is 278 Å². The predicted molar refractivity (Wildman–Crippen MR) is 188 cm³/mol. The van der Waals surface area contributed by atoms with Crippen LogP contribution in [0.5, 0.6) is 0 Å². The van der Waals surface area contributed by atoms with Crippen molar-refractivity contribution in [2.75, 3.05) is 48.5 Å². The summed E-state index contributed by atoms with van der Waals surface area (Å²) >= 11 is 8.18. The third kappa shape index (κ3) is 6.99. The van der Waals surface area contributed by atoms with E-state index in [2.05, 4.69) is 91.9 Å². The van der Waals surface area contributed by atoms with Crippen molar-refractivity contribution >= 4 is 83.9 Å². The van der Waals surface area contributed by atoms with Crippen molar-refractivity contribution in [1.29, 1.82) is 0 Å². The number of halogens is 1. The van der Waals surface area contributed by atoms with E-state index in [9.17, 15) is 9.59 Å². The van der Waals surface area contributed by atoms with E-state index < -0.39 is 0 Å². The largest absolute Gasteiger partial charge is 0.462 e. The molecule has 0 bridgehead atoms. The Kier molecular flexibility index (Phi) is 9.91. The number of fused-ring (bicyclic) bond motifs is 1. The molecule has 1 fully saturated rings. The molecule has 1 amide bonds. The first kappa shape index (κ1) is 30.7. The third-order valence-corrected chi connectivity index (χ3v) is 11.5. The fraction of sp³-hybridized carbons (Fsp3) is 0.235. The third-order valence-electron chi connectivity index (χ3n) is 7.50. The van der Waals surface area contributed by atoms with E-state index in [0.29, 0.717) is 24.6 Å². The van der Waals surface area contributed by atoms with Crippen molar-refractivity contribution in [2.45, 2.75) is 18.2 Å². The van der Waals surface area contributed by atoms with Gasteiger partial charge in [-0.1, -0.05) is 42.5 Å². The fourth-order valence-electron chi connectivity index (χ4n) is 5.28. The van der Waals surface area contributed by atoms with E-state index >= 15 is 0 Å². The van der Waals surface area contributed by atoms with Gasteiger partial charge in [-0.25, -0.2) is 4.79 Å². The zero-order chi connectivity index (χ0) is 30.5. The number of para-hydroxylation sites is 2. The lowest BCUT2D eigenvalue weighted by Gasteiger charge is -2.38. The summed E-state index contributed by atoms with van der Waals surface area (Å²) in [7, 11) is 0. The molecule has 1 aliphatic heterocycles. The zero-order valence-corrected chi connectivity index (χ0v) is 28.3. The number of hydrogen-bond acceptors (Lipinski definition) is 8. The van der Waals surface area contributed by atoms with Crippen LogP contribution in [-0.4, -0.2) is 56.1 Å². The fourth-order valence-corrected chi connectivity index (χ4v) is 8.72. The molecule has 226 valence electrons. The molecule has 3 aromatic carbocycles. The Morgan fingerprint density at radius 1 is 0.955 bits per heavy atom. The number of benzene rings is 3. The molecular formula is C34H32BrN3O3S3. The second-order valence-electron chi connectivity index (χ2n) is 10.3. The maximum atomic E-state index is 13.1. The second-order valence-corrected chi connectivity index (χ2v) is 14.3. The lowest BCUT2D eigenvalue weighted by atomic mass is 10.1. The lowest BCUT2D eigenvalue weighted by molar-refractivity contribution is 0.0532. The number of amides is 1. The van der Waals surface area contributed by atoms with Gasteiger partial charge in [-0.3, -0.25) is 4.79 Å². The number of thiophene rings is 2. The number of piperazine rings is 1. The average molecular weight is 707 g/mol. The topological polar surface area (TPSA) is 53.1 Å². The first-order chi connectivity index (χ1) is 21.5. The molecule has 10 heteroatoms. The summed E-state index contributed by atoms with van der Waals surface area (Å²) in [6.45, 7) is 5.87. The van der Waals surface area contributed by atoms with Gasteiger partial charge >= 0.3 is 5.97 Å². The average Bonchev–Trinajstić information content (AvgIpc) is 3.69. The van der Waals surface area contributed by atoms with Crippen molar-refractivity contribution in [1.82, 2.24) is 4.90 Å². The summed E-state index contributed by atoms with van der Waals surface area (Å²) in [6.07, 6.45) is 0.897. The van der Waals surface area contributed by atoms with Gasteiger partial charge in [0, 0.05) is 46.8 Å². The number of carbonyl (C=O) groups excluding carboxylic acids is 2. The maximum Gasteiger partial charge on any atom is 0.348 e. The monoisotopic (exact) mass is 705 g/mol. The van der Waals surface area contributed by atoms with Gasteiger partial charge in [-0.15, -0.1) is 22.7 Å². The van der Waals surface area contributed by atoms with Gasteiger partial charge in [0.15, 0.2) is 0 Å². The van der Waals surface area contributed by atoms with Crippen LogP contribution >= 0.6 is 50.6 Å². The summed E-state index contributed by atoms with van der Waals surface area (Å²) in [5, 5.41) is 2.98. The van der Waals surface area contributed by atoms with E-state index in [0.717, 1.165) is 56.1 Å². The Bertz CT molecular complexity index is 1750. The Morgan fingerprint density at radius 3 is 2.48 bits per heavy atom. The first-order valence-corrected chi connectivity index (χ1v) is 17.8. The summed E-state index contributed by atoms with van der Waals surface area (Å²) in [5.41, 5.74) is 3.60. The molecule has 44 heavy (non-hydrogen) atoms. The van der Waals surface area contributed by atoms with Gasteiger partial charge < -0.3 is 18.8 Å². The highest BCUT2D eigenvalue weighted by atomic mass is 79.9. The molecule has 0 atom stereocenters. The number of hydrogen-bond donors (Lipinski definition) is 0. The van der Waals surface area contributed by atoms with E-state index in [-0.39, 0.29) is 11.9 Å². The molecule has 6 nitrogen and oxygen atoms in total. The SMILES string of the molecule is CCOC(=O)c1cc2cc(SN(CCc3ccccc3)c3ccccc3N3CCN(C(=O)c4sccc4Br)CC3)ccc2s1. The zero-order valence-electron chi connectivity index (χ0n) is 24.3. The molecule has 6 rings (SSSR count). The molecule has 0 unspecified atom stereocenters. The minimum absolute atomic E-state index is 0.0924. The summed E-state index contributed by atoms with van der Waals surface area (Å²) in [4.78, 5) is 32.3. The number of nitrogens with zero attached hydrogens (tertiary/aromatic N) is 3. The van der Waals surface area contributed by atoms with Crippen LogP contribution in [0.1, 0.15) is 31.8 Å². The van der Waals surface area contributed by atoms with E-state index in [1.807, 2.05) is 35.4 Å². The van der Waals surface area contributed by atoms with Crippen LogP contribution in [0.15, 0.2) is 99.7 Å². The Balaban J connectivity index is 1.24. The highest BCUT2D eigenvalue weighted by Crippen LogP contribution is 2.39. The standard InChI is InChI=1S/C34H32BrN3O3S3/c1-2-41-34(40)31-23-25-22-26(12-13-30(25)43-31)44-38(16-14-24-8-4-3-5-9-24)29-11-7-6-10-28(29)36-17-19-37(20-18-36)33(39)32-27(35)15-21-42-32/h3-13,15,21-23H,2,14,16-20H2,1H3. The Morgan fingerprint density at radius 2 is 1.73 bits per heavy atom. The maximum absolute atomic E-state index is 13.1. The summed E-state index contributed by atoms with van der Waals surface area (Å²) < 4.78 is 9.54. The van der Waals surface area contributed by atoms with Crippen LogP contribution in [0.25, 0.3) is 10.1 Å². The highest BCUT2D eigenvalue weighted by molar-refractivity contribution is 9.10. The van der Waals surface area contributed by atoms with Gasteiger partial charge in [0.2, 0.25) is 0 Å². The van der Waals surface area contributed by atoms with Gasteiger partial charge in [0.05, 0.1) is 18.0 Å². The molecule has 0 N–H and O–H groups in total. The molecule has 5 aromatic rings. The van der Waals surface area contributed by atoms with Crippen LogP contribution in [0.4, 0.5) is 11.4 Å². The summed E-state index contributed by atoms with van der Waals surface area (Å²) in [6, 6.07) is 29.4. The van der Waals surface area contributed by atoms with E-state index in [1.54, 1.807) is 11.9 Å². The first-order valence-electron chi connectivity index (χ1n) is 14.6. The molecular weight excluding hydrogens is 674 g/mol. The number of esters is 1. The van der Waals surface area contributed by atoms with Crippen LogP contribution < -0.4 is 9.21 Å². The number of ether oxygens (including phenoxy) is 1. The quantitative estimate of drug-likeness (QED) is 0.107. The smallest absolute Gasteiger partial charge is 0.348 e. The van der Waals surface area contributed by atoms with Crippen LogP contribution in [0.2, 0.25) is 0 Å². The molecule has 1 saturated heterocycles. The van der Waals surface area contributed by atoms with Crippen molar-refractivity contribution in [3.8, 4) is 0 Å².